The highest BCUT2D eigenvalue weighted by Gasteiger charge is 2.65. The fourth-order valence-corrected chi connectivity index (χ4v) is 6.12. The number of benzene rings is 2. The van der Waals surface area contributed by atoms with Crippen LogP contribution in [0.2, 0.25) is 0 Å². The van der Waals surface area contributed by atoms with Gasteiger partial charge < -0.3 is 9.47 Å². The van der Waals surface area contributed by atoms with E-state index in [9.17, 15) is 30.7 Å². The fraction of sp³-hybridized carbons (Fsp3) is 0.562. The standard InChI is InChI=1S/C32H33F11O2/c1-2-3-4-19-5-7-22(8-6-19)31(40,41)44-24-15-13-21(14-16-24)30(38,39)29(36,37)20-9-11-23(12-10-20)32(42,43)45-25-17-26(33)28(35)27(34)18-25/h2,5-8,17-18,20-21,23-24H,1,3-4,9-16H2. The van der Waals surface area contributed by atoms with Gasteiger partial charge in [-0.2, -0.15) is 35.1 Å². The number of halogens is 11. The zero-order chi connectivity index (χ0) is 33.2. The van der Waals surface area contributed by atoms with Crippen LogP contribution < -0.4 is 4.74 Å². The van der Waals surface area contributed by atoms with Gasteiger partial charge in [0, 0.05) is 24.0 Å². The van der Waals surface area contributed by atoms with Crippen LogP contribution in [-0.4, -0.2) is 24.1 Å². The molecule has 0 atom stereocenters. The normalized spacial score (nSPS) is 23.5. The van der Waals surface area contributed by atoms with Gasteiger partial charge in [-0.3, -0.25) is 0 Å². The highest BCUT2D eigenvalue weighted by atomic mass is 19.3. The molecule has 0 amide bonds. The van der Waals surface area contributed by atoms with Gasteiger partial charge in [0.2, 0.25) is 0 Å². The molecule has 0 spiro atoms. The topological polar surface area (TPSA) is 18.5 Å². The molecule has 2 saturated carbocycles. The van der Waals surface area contributed by atoms with Gasteiger partial charge in [-0.25, -0.2) is 13.2 Å². The molecular formula is C32H33F11O2. The maximum Gasteiger partial charge on any atom is 0.400 e. The first-order chi connectivity index (χ1) is 21.0. The van der Waals surface area contributed by atoms with E-state index in [-0.39, 0.29) is 25.0 Å². The number of allylic oxidation sites excluding steroid dienone is 1. The quantitative estimate of drug-likeness (QED) is 0.128. The van der Waals surface area contributed by atoms with E-state index in [0.29, 0.717) is 12.8 Å². The summed E-state index contributed by atoms with van der Waals surface area (Å²) in [5.74, 6) is -21.1. The van der Waals surface area contributed by atoms with Crippen molar-refractivity contribution in [1.29, 1.82) is 0 Å². The maximum atomic E-state index is 15.2. The van der Waals surface area contributed by atoms with E-state index in [1.807, 2.05) is 0 Å². The summed E-state index contributed by atoms with van der Waals surface area (Å²) >= 11 is 0. The summed E-state index contributed by atoms with van der Waals surface area (Å²) in [5.41, 5.74) is 0.388. The molecule has 2 aliphatic carbocycles. The zero-order valence-electron chi connectivity index (χ0n) is 24.1. The van der Waals surface area contributed by atoms with Crippen LogP contribution in [0.4, 0.5) is 48.3 Å². The molecule has 0 unspecified atom stereocenters. The number of alkyl halides is 8. The highest BCUT2D eigenvalue weighted by Crippen LogP contribution is 2.54. The first-order valence-electron chi connectivity index (χ1n) is 14.7. The van der Waals surface area contributed by atoms with Crippen LogP contribution in [0.25, 0.3) is 0 Å². The van der Waals surface area contributed by atoms with E-state index < -0.39 is 115 Å². The Morgan fingerprint density at radius 2 is 1.16 bits per heavy atom. The first kappa shape index (κ1) is 35.0. The largest absolute Gasteiger partial charge is 0.432 e. The molecule has 0 bridgehead atoms. The summed E-state index contributed by atoms with van der Waals surface area (Å²) in [4.78, 5) is 0. The lowest BCUT2D eigenvalue weighted by Crippen LogP contribution is -2.53. The van der Waals surface area contributed by atoms with Crippen LogP contribution in [0.15, 0.2) is 49.1 Å². The van der Waals surface area contributed by atoms with Crippen molar-refractivity contribution in [2.24, 2.45) is 17.8 Å². The van der Waals surface area contributed by atoms with E-state index in [0.717, 1.165) is 5.56 Å². The lowest BCUT2D eigenvalue weighted by molar-refractivity contribution is -0.293. The smallest absolute Gasteiger partial charge is 0.400 e. The molecule has 0 saturated heterocycles. The van der Waals surface area contributed by atoms with Crippen molar-refractivity contribution in [2.75, 3.05) is 0 Å². The first-order valence-corrected chi connectivity index (χ1v) is 14.7. The van der Waals surface area contributed by atoms with Gasteiger partial charge in [0.1, 0.15) is 5.75 Å². The molecule has 0 radical (unpaired) electrons. The Labute approximate surface area is 253 Å². The Hall–Kier alpha value is -2.83. The minimum Gasteiger partial charge on any atom is -0.432 e. The molecule has 2 nitrogen and oxygen atoms in total. The molecule has 250 valence electrons. The molecule has 0 N–H and O–H groups in total. The SMILES string of the molecule is C=CCCc1ccc(C(F)(F)OC2CCC(C(F)(F)C(F)(F)C3CCC(C(F)(F)Oc4cc(F)c(F)c(F)c4)CC3)CC2)cc1. The summed E-state index contributed by atoms with van der Waals surface area (Å²) in [6.07, 6.45) is -10.3. The van der Waals surface area contributed by atoms with Crippen LogP contribution in [0.1, 0.15) is 68.9 Å². The molecule has 2 fully saturated rings. The Bertz CT molecular complexity index is 1270. The molecule has 2 aliphatic rings. The molecule has 0 heterocycles. The summed E-state index contributed by atoms with van der Waals surface area (Å²) < 4.78 is 169. The summed E-state index contributed by atoms with van der Waals surface area (Å²) in [6.45, 7) is 3.60. The van der Waals surface area contributed by atoms with Crippen LogP contribution in [0.5, 0.6) is 5.75 Å². The molecule has 4 rings (SSSR count). The monoisotopic (exact) mass is 658 g/mol. The van der Waals surface area contributed by atoms with E-state index >= 15 is 17.6 Å². The zero-order valence-corrected chi connectivity index (χ0v) is 24.1. The third-order valence-electron chi connectivity index (χ3n) is 8.80. The second-order valence-electron chi connectivity index (χ2n) is 11.8. The van der Waals surface area contributed by atoms with Crippen molar-refractivity contribution in [3.05, 3.63) is 77.6 Å². The van der Waals surface area contributed by atoms with Crippen LogP contribution >= 0.6 is 0 Å². The van der Waals surface area contributed by atoms with Crippen molar-refractivity contribution < 1.29 is 57.8 Å². The van der Waals surface area contributed by atoms with E-state index in [1.54, 1.807) is 6.08 Å². The second-order valence-corrected chi connectivity index (χ2v) is 11.8. The average molecular weight is 659 g/mol. The van der Waals surface area contributed by atoms with E-state index in [1.165, 1.54) is 24.3 Å². The van der Waals surface area contributed by atoms with E-state index in [2.05, 4.69) is 11.3 Å². The lowest BCUT2D eigenvalue weighted by Gasteiger charge is -2.43. The molecule has 2 aromatic rings. The molecule has 2 aromatic carbocycles. The van der Waals surface area contributed by atoms with Gasteiger partial charge in [0.25, 0.3) is 0 Å². The van der Waals surface area contributed by atoms with Crippen molar-refractivity contribution in [2.45, 2.75) is 94.4 Å². The average Bonchev–Trinajstić information content (AvgIpc) is 2.99. The van der Waals surface area contributed by atoms with Gasteiger partial charge in [0.15, 0.2) is 17.5 Å². The summed E-state index contributed by atoms with van der Waals surface area (Å²) in [7, 11) is 0. The van der Waals surface area contributed by atoms with Crippen molar-refractivity contribution in [3.8, 4) is 5.75 Å². The number of hydrogen-bond acceptors (Lipinski definition) is 2. The molecule has 13 heteroatoms. The third kappa shape index (κ3) is 7.77. The molecule has 0 aromatic heterocycles. The Balaban J connectivity index is 1.31. The predicted octanol–water partition coefficient (Wildman–Crippen LogP) is 10.6. The summed E-state index contributed by atoms with van der Waals surface area (Å²) in [6, 6.07) is 5.86. The maximum absolute atomic E-state index is 15.2. The molecular weight excluding hydrogens is 625 g/mol. The van der Waals surface area contributed by atoms with Crippen LogP contribution in [0.3, 0.4) is 0 Å². The van der Waals surface area contributed by atoms with Gasteiger partial charge in [-0.1, -0.05) is 30.3 Å². The lowest BCUT2D eigenvalue weighted by atomic mass is 9.72. The highest BCUT2D eigenvalue weighted by molar-refractivity contribution is 5.26. The minimum absolute atomic E-state index is 0.205. The summed E-state index contributed by atoms with van der Waals surface area (Å²) in [5, 5.41) is 0. The van der Waals surface area contributed by atoms with Crippen LogP contribution in [0, 0.1) is 35.2 Å². The number of hydrogen-bond donors (Lipinski definition) is 0. The van der Waals surface area contributed by atoms with Crippen molar-refractivity contribution in [3.63, 3.8) is 0 Å². The number of rotatable bonds is 12. The predicted molar refractivity (Wildman–Crippen MR) is 143 cm³/mol. The van der Waals surface area contributed by atoms with Crippen molar-refractivity contribution >= 4 is 0 Å². The Morgan fingerprint density at radius 1 is 0.689 bits per heavy atom. The van der Waals surface area contributed by atoms with Gasteiger partial charge in [-0.15, -0.1) is 6.58 Å². The fourth-order valence-electron chi connectivity index (χ4n) is 6.12. The second kappa shape index (κ2) is 13.5. The van der Waals surface area contributed by atoms with Crippen molar-refractivity contribution in [1.82, 2.24) is 0 Å². The third-order valence-corrected chi connectivity index (χ3v) is 8.80. The van der Waals surface area contributed by atoms with Crippen LogP contribution in [-0.2, 0) is 17.3 Å². The Kier molecular flexibility index (Phi) is 10.5. The molecule has 0 aliphatic heterocycles. The van der Waals surface area contributed by atoms with Gasteiger partial charge in [-0.05, 0) is 69.8 Å². The van der Waals surface area contributed by atoms with Gasteiger partial charge >= 0.3 is 24.1 Å². The Morgan fingerprint density at radius 3 is 1.64 bits per heavy atom. The van der Waals surface area contributed by atoms with Gasteiger partial charge in [0.05, 0.1) is 17.6 Å². The number of aryl methyl sites for hydroxylation is 1. The minimum atomic E-state index is -4.58. The number of ether oxygens (including phenoxy) is 2. The molecule has 45 heavy (non-hydrogen) atoms. The van der Waals surface area contributed by atoms with E-state index in [4.69, 9.17) is 4.74 Å².